The zero-order valence-electron chi connectivity index (χ0n) is 13.1. The molecular formula is C18H16N2O4. The summed E-state index contributed by atoms with van der Waals surface area (Å²) in [6.07, 6.45) is 0. The highest BCUT2D eigenvalue weighted by Gasteiger charge is 2.08. The first-order chi connectivity index (χ1) is 11.7. The minimum Gasteiger partial charge on any atom is -0.497 e. The summed E-state index contributed by atoms with van der Waals surface area (Å²) in [7, 11) is 1.63. The third kappa shape index (κ3) is 3.55. The molecule has 0 radical (unpaired) electrons. The summed E-state index contributed by atoms with van der Waals surface area (Å²) in [6, 6.07) is 17.7. The third-order valence-electron chi connectivity index (χ3n) is 3.56. The number of nitrogens with one attached hydrogen (secondary N) is 1. The van der Waals surface area contributed by atoms with Gasteiger partial charge in [-0.15, -0.1) is 0 Å². The number of hydrogen-bond donors (Lipinski definition) is 1. The van der Waals surface area contributed by atoms with E-state index in [9.17, 15) is 10.1 Å². The number of anilines is 1. The normalized spacial score (nSPS) is 10.4. The maximum atomic E-state index is 10.7. The van der Waals surface area contributed by atoms with Crippen LogP contribution in [0.1, 0.15) is 5.76 Å². The Balaban J connectivity index is 1.67. The maximum Gasteiger partial charge on any atom is 0.269 e. The van der Waals surface area contributed by atoms with E-state index < -0.39 is 4.92 Å². The monoisotopic (exact) mass is 324 g/mol. The Morgan fingerprint density at radius 3 is 2.62 bits per heavy atom. The van der Waals surface area contributed by atoms with Gasteiger partial charge in [0.1, 0.15) is 17.3 Å². The highest BCUT2D eigenvalue weighted by molar-refractivity contribution is 5.59. The largest absolute Gasteiger partial charge is 0.497 e. The average molecular weight is 324 g/mol. The summed E-state index contributed by atoms with van der Waals surface area (Å²) < 4.78 is 11.0. The van der Waals surface area contributed by atoms with E-state index in [-0.39, 0.29) is 5.69 Å². The number of nitrogens with zero attached hydrogens (tertiary/aromatic N) is 1. The first kappa shape index (κ1) is 15.6. The molecule has 0 unspecified atom stereocenters. The lowest BCUT2D eigenvalue weighted by Crippen LogP contribution is -1.98. The Morgan fingerprint density at radius 1 is 1.12 bits per heavy atom. The second-order valence-corrected chi connectivity index (χ2v) is 5.16. The molecular weight excluding hydrogens is 308 g/mol. The van der Waals surface area contributed by atoms with E-state index in [1.807, 2.05) is 36.4 Å². The Labute approximate surface area is 138 Å². The lowest BCUT2D eigenvalue weighted by atomic mass is 10.1. The predicted octanol–water partition coefficient (Wildman–Crippen LogP) is 4.48. The molecule has 0 aliphatic rings. The molecule has 0 amide bonds. The van der Waals surface area contributed by atoms with Crippen molar-refractivity contribution in [1.82, 2.24) is 0 Å². The molecule has 3 aromatic rings. The van der Waals surface area contributed by atoms with Crippen LogP contribution in [0.15, 0.2) is 65.1 Å². The van der Waals surface area contributed by atoms with Crippen LogP contribution in [0.5, 0.6) is 5.75 Å². The minimum absolute atomic E-state index is 0.0604. The van der Waals surface area contributed by atoms with Gasteiger partial charge in [0, 0.05) is 29.4 Å². The second kappa shape index (κ2) is 6.87. The summed E-state index contributed by atoms with van der Waals surface area (Å²) >= 11 is 0. The van der Waals surface area contributed by atoms with Gasteiger partial charge >= 0.3 is 0 Å². The lowest BCUT2D eigenvalue weighted by Gasteiger charge is -2.06. The Kier molecular flexibility index (Phi) is 4.47. The van der Waals surface area contributed by atoms with Crippen LogP contribution in [0.4, 0.5) is 11.4 Å². The number of ether oxygens (including phenoxy) is 1. The number of furan rings is 1. The molecule has 1 N–H and O–H groups in total. The highest BCUT2D eigenvalue weighted by Crippen LogP contribution is 2.25. The molecule has 6 nitrogen and oxygen atoms in total. The first-order valence-electron chi connectivity index (χ1n) is 7.37. The number of nitro groups is 1. The summed E-state index contributed by atoms with van der Waals surface area (Å²) in [5.74, 6) is 2.23. The van der Waals surface area contributed by atoms with Gasteiger partial charge in [0.2, 0.25) is 0 Å². The molecule has 24 heavy (non-hydrogen) atoms. The number of rotatable bonds is 6. The molecule has 0 aliphatic carbocycles. The van der Waals surface area contributed by atoms with Crippen molar-refractivity contribution < 1.29 is 14.1 Å². The van der Waals surface area contributed by atoms with Crippen molar-refractivity contribution in [3.63, 3.8) is 0 Å². The fraction of sp³-hybridized carbons (Fsp3) is 0.111. The van der Waals surface area contributed by atoms with Crippen LogP contribution < -0.4 is 10.1 Å². The summed E-state index contributed by atoms with van der Waals surface area (Å²) in [5, 5.41) is 13.9. The van der Waals surface area contributed by atoms with Crippen LogP contribution in [0.2, 0.25) is 0 Å². The Morgan fingerprint density at radius 2 is 1.92 bits per heavy atom. The number of nitro benzene ring substituents is 1. The van der Waals surface area contributed by atoms with E-state index >= 15 is 0 Å². The van der Waals surface area contributed by atoms with E-state index in [2.05, 4.69) is 5.32 Å². The standard InChI is InChI=1S/C18H16N2O4/c1-23-16-4-2-3-14(11-16)19-12-17-9-10-18(24-17)13-5-7-15(8-6-13)20(21)22/h2-11,19H,12H2,1H3. The SMILES string of the molecule is COc1cccc(NCc2ccc(-c3ccc([N+](=O)[O-])cc3)o2)c1. The van der Waals surface area contributed by atoms with Gasteiger partial charge in [-0.2, -0.15) is 0 Å². The quantitative estimate of drug-likeness (QED) is 0.534. The summed E-state index contributed by atoms with van der Waals surface area (Å²) in [4.78, 5) is 10.3. The van der Waals surface area contributed by atoms with Gasteiger partial charge in [-0.3, -0.25) is 10.1 Å². The number of benzene rings is 2. The Bertz CT molecular complexity index is 840. The van der Waals surface area contributed by atoms with Crippen molar-refractivity contribution in [2.45, 2.75) is 6.54 Å². The molecule has 0 saturated carbocycles. The fourth-order valence-corrected chi connectivity index (χ4v) is 2.30. The first-order valence-corrected chi connectivity index (χ1v) is 7.37. The predicted molar refractivity (Wildman–Crippen MR) is 91.1 cm³/mol. The minimum atomic E-state index is -0.421. The molecule has 0 fully saturated rings. The highest BCUT2D eigenvalue weighted by atomic mass is 16.6. The molecule has 1 aromatic heterocycles. The van der Waals surface area contributed by atoms with Crippen molar-refractivity contribution in [1.29, 1.82) is 0 Å². The zero-order valence-corrected chi connectivity index (χ0v) is 13.1. The van der Waals surface area contributed by atoms with Crippen LogP contribution in [0.25, 0.3) is 11.3 Å². The number of hydrogen-bond acceptors (Lipinski definition) is 5. The van der Waals surface area contributed by atoms with Crippen LogP contribution >= 0.6 is 0 Å². The van der Waals surface area contributed by atoms with Crippen LogP contribution in [0, 0.1) is 10.1 Å². The molecule has 6 heteroatoms. The van der Waals surface area contributed by atoms with Gasteiger partial charge in [0.05, 0.1) is 18.6 Å². The smallest absolute Gasteiger partial charge is 0.269 e. The van der Waals surface area contributed by atoms with Gasteiger partial charge in [0.25, 0.3) is 5.69 Å². The van der Waals surface area contributed by atoms with Crippen LogP contribution in [0.3, 0.4) is 0 Å². The average Bonchev–Trinajstić information content (AvgIpc) is 3.09. The van der Waals surface area contributed by atoms with E-state index in [1.54, 1.807) is 19.2 Å². The van der Waals surface area contributed by atoms with Gasteiger partial charge in [-0.05, 0) is 36.4 Å². The van der Waals surface area contributed by atoms with Crippen LogP contribution in [-0.4, -0.2) is 12.0 Å². The number of non-ortho nitro benzene ring substituents is 1. The lowest BCUT2D eigenvalue weighted by molar-refractivity contribution is -0.384. The molecule has 3 rings (SSSR count). The van der Waals surface area contributed by atoms with Crippen molar-refractivity contribution in [3.8, 4) is 17.1 Å². The van der Waals surface area contributed by atoms with Crippen molar-refractivity contribution in [2.75, 3.05) is 12.4 Å². The zero-order chi connectivity index (χ0) is 16.9. The van der Waals surface area contributed by atoms with Gasteiger partial charge in [-0.25, -0.2) is 0 Å². The molecule has 2 aromatic carbocycles. The van der Waals surface area contributed by atoms with E-state index in [4.69, 9.17) is 9.15 Å². The molecule has 0 aliphatic heterocycles. The second-order valence-electron chi connectivity index (χ2n) is 5.16. The third-order valence-corrected chi connectivity index (χ3v) is 3.56. The van der Waals surface area contributed by atoms with E-state index in [1.165, 1.54) is 12.1 Å². The maximum absolute atomic E-state index is 10.7. The Hall–Kier alpha value is -3.28. The molecule has 1 heterocycles. The van der Waals surface area contributed by atoms with E-state index in [0.29, 0.717) is 12.3 Å². The van der Waals surface area contributed by atoms with Crippen molar-refractivity contribution in [3.05, 3.63) is 76.5 Å². The molecule has 0 atom stereocenters. The van der Waals surface area contributed by atoms with Gasteiger partial charge in [0.15, 0.2) is 0 Å². The molecule has 0 bridgehead atoms. The van der Waals surface area contributed by atoms with Gasteiger partial charge < -0.3 is 14.5 Å². The fourth-order valence-electron chi connectivity index (χ4n) is 2.30. The van der Waals surface area contributed by atoms with Crippen LogP contribution in [-0.2, 0) is 6.54 Å². The van der Waals surface area contributed by atoms with Crippen molar-refractivity contribution >= 4 is 11.4 Å². The van der Waals surface area contributed by atoms with Gasteiger partial charge in [-0.1, -0.05) is 6.07 Å². The number of methoxy groups -OCH3 is 1. The summed E-state index contributed by atoms with van der Waals surface area (Å²) in [5.41, 5.74) is 1.79. The van der Waals surface area contributed by atoms with Crippen molar-refractivity contribution in [2.24, 2.45) is 0 Å². The summed E-state index contributed by atoms with van der Waals surface area (Å²) in [6.45, 7) is 0.528. The topological polar surface area (TPSA) is 77.5 Å². The molecule has 122 valence electrons. The molecule has 0 spiro atoms. The van der Waals surface area contributed by atoms with E-state index in [0.717, 1.165) is 22.8 Å². The molecule has 0 saturated heterocycles.